The van der Waals surface area contributed by atoms with Gasteiger partial charge in [0, 0.05) is 30.7 Å². The van der Waals surface area contributed by atoms with Crippen LogP contribution in [0, 0.1) is 5.92 Å². The van der Waals surface area contributed by atoms with Crippen molar-refractivity contribution >= 4 is 0 Å². The molecule has 2 nitrogen and oxygen atoms in total. The van der Waals surface area contributed by atoms with Crippen LogP contribution in [0.3, 0.4) is 0 Å². The minimum Gasteiger partial charge on any atom is -0.309 e. The summed E-state index contributed by atoms with van der Waals surface area (Å²) >= 11 is 0. The van der Waals surface area contributed by atoms with Crippen LogP contribution >= 0.6 is 0 Å². The number of hydrogen-bond acceptors (Lipinski definition) is 2. The highest BCUT2D eigenvalue weighted by molar-refractivity contribution is 4.97. The molecule has 1 N–H and O–H groups in total. The number of rotatable bonds is 3. The molecule has 1 saturated carbocycles. The zero-order valence-corrected chi connectivity index (χ0v) is 12.1. The molecular formula is C15H30N2. The summed E-state index contributed by atoms with van der Waals surface area (Å²) in [7, 11) is 0. The van der Waals surface area contributed by atoms with Gasteiger partial charge in [-0.3, -0.25) is 4.90 Å². The fourth-order valence-corrected chi connectivity index (χ4v) is 3.59. The van der Waals surface area contributed by atoms with E-state index >= 15 is 0 Å². The van der Waals surface area contributed by atoms with Crippen molar-refractivity contribution in [1.29, 1.82) is 0 Å². The van der Waals surface area contributed by atoms with Gasteiger partial charge in [-0.15, -0.1) is 0 Å². The van der Waals surface area contributed by atoms with Crippen molar-refractivity contribution in [3.05, 3.63) is 0 Å². The van der Waals surface area contributed by atoms with E-state index in [1.807, 2.05) is 0 Å². The zero-order valence-electron chi connectivity index (χ0n) is 12.1. The van der Waals surface area contributed by atoms with Gasteiger partial charge >= 0.3 is 0 Å². The second-order valence-electron chi connectivity index (χ2n) is 6.60. The Balaban J connectivity index is 2.04. The lowest BCUT2D eigenvalue weighted by Gasteiger charge is -2.48. The quantitative estimate of drug-likeness (QED) is 0.813. The predicted octanol–water partition coefficient (Wildman–Crippen LogP) is 3.03. The molecule has 1 saturated heterocycles. The third-order valence-corrected chi connectivity index (χ3v) is 5.15. The first-order valence-corrected chi connectivity index (χ1v) is 7.58. The highest BCUT2D eigenvalue weighted by Gasteiger charge is 2.38. The van der Waals surface area contributed by atoms with Crippen molar-refractivity contribution < 1.29 is 0 Å². The second-order valence-corrected chi connectivity index (χ2v) is 6.60. The lowest BCUT2D eigenvalue weighted by Crippen LogP contribution is -2.64. The molecule has 1 aliphatic carbocycles. The molecule has 0 aromatic rings. The third kappa shape index (κ3) is 2.85. The van der Waals surface area contributed by atoms with Gasteiger partial charge in [0.05, 0.1) is 0 Å². The Morgan fingerprint density at radius 2 is 2.06 bits per heavy atom. The summed E-state index contributed by atoms with van der Waals surface area (Å²) in [6, 6.07) is 1.63. The van der Waals surface area contributed by atoms with Gasteiger partial charge in [-0.05, 0) is 44.9 Å². The van der Waals surface area contributed by atoms with Gasteiger partial charge < -0.3 is 5.32 Å². The summed E-state index contributed by atoms with van der Waals surface area (Å²) < 4.78 is 0. The lowest BCUT2D eigenvalue weighted by atomic mass is 9.91. The van der Waals surface area contributed by atoms with Crippen molar-refractivity contribution in [3.63, 3.8) is 0 Å². The topological polar surface area (TPSA) is 15.3 Å². The maximum atomic E-state index is 3.77. The van der Waals surface area contributed by atoms with E-state index in [-0.39, 0.29) is 0 Å². The molecule has 0 amide bonds. The maximum absolute atomic E-state index is 3.77. The van der Waals surface area contributed by atoms with Crippen LogP contribution in [-0.4, -0.2) is 35.6 Å². The molecule has 0 spiro atoms. The Morgan fingerprint density at radius 3 is 2.59 bits per heavy atom. The average molecular weight is 238 g/mol. The summed E-state index contributed by atoms with van der Waals surface area (Å²) in [4.78, 5) is 2.84. The van der Waals surface area contributed by atoms with Gasteiger partial charge in [-0.1, -0.05) is 20.8 Å². The Labute approximate surface area is 107 Å². The van der Waals surface area contributed by atoms with Crippen molar-refractivity contribution in [1.82, 2.24) is 10.2 Å². The fraction of sp³-hybridized carbons (Fsp3) is 1.00. The monoisotopic (exact) mass is 238 g/mol. The summed E-state index contributed by atoms with van der Waals surface area (Å²) in [6.45, 7) is 11.9. The van der Waals surface area contributed by atoms with Crippen LogP contribution in [0.15, 0.2) is 0 Å². The van der Waals surface area contributed by atoms with Crippen molar-refractivity contribution in [3.8, 4) is 0 Å². The van der Waals surface area contributed by atoms with Gasteiger partial charge in [0.2, 0.25) is 0 Å². The predicted molar refractivity (Wildman–Crippen MR) is 74.3 cm³/mol. The molecule has 0 aromatic heterocycles. The van der Waals surface area contributed by atoms with Gasteiger partial charge in [0.25, 0.3) is 0 Å². The highest BCUT2D eigenvalue weighted by atomic mass is 15.3. The van der Waals surface area contributed by atoms with Crippen LogP contribution in [0.5, 0.6) is 0 Å². The number of nitrogens with one attached hydrogen (secondary N) is 1. The van der Waals surface area contributed by atoms with Gasteiger partial charge in [0.15, 0.2) is 0 Å². The van der Waals surface area contributed by atoms with E-state index in [9.17, 15) is 0 Å². The molecule has 100 valence electrons. The van der Waals surface area contributed by atoms with Crippen LogP contribution in [0.25, 0.3) is 0 Å². The molecule has 2 rings (SSSR count). The SMILES string of the molecule is CCC1CNC(C)(CC)CN1C1CCC(C)C1. The van der Waals surface area contributed by atoms with E-state index in [2.05, 4.69) is 37.9 Å². The summed E-state index contributed by atoms with van der Waals surface area (Å²) in [5.74, 6) is 0.945. The molecule has 2 heteroatoms. The Bertz CT molecular complexity index is 253. The molecule has 2 aliphatic rings. The molecule has 0 radical (unpaired) electrons. The number of nitrogens with zero attached hydrogens (tertiary/aromatic N) is 1. The van der Waals surface area contributed by atoms with E-state index in [1.165, 1.54) is 45.2 Å². The Hall–Kier alpha value is -0.0800. The molecule has 0 bridgehead atoms. The third-order valence-electron chi connectivity index (χ3n) is 5.15. The minimum atomic E-state index is 0.345. The molecular weight excluding hydrogens is 208 g/mol. The highest BCUT2D eigenvalue weighted by Crippen LogP contribution is 2.33. The summed E-state index contributed by atoms with van der Waals surface area (Å²) in [6.07, 6.45) is 6.82. The van der Waals surface area contributed by atoms with Gasteiger partial charge in [-0.2, -0.15) is 0 Å². The van der Waals surface area contributed by atoms with E-state index < -0.39 is 0 Å². The van der Waals surface area contributed by atoms with Crippen LogP contribution in [0.4, 0.5) is 0 Å². The molecule has 17 heavy (non-hydrogen) atoms. The molecule has 0 aromatic carbocycles. The molecule has 4 atom stereocenters. The van der Waals surface area contributed by atoms with Crippen molar-refractivity contribution in [2.45, 2.75) is 77.4 Å². The maximum Gasteiger partial charge on any atom is 0.0278 e. The Morgan fingerprint density at radius 1 is 1.29 bits per heavy atom. The molecule has 1 aliphatic heterocycles. The standard InChI is InChI=1S/C15H30N2/c1-5-13-10-16-15(4,6-2)11-17(13)14-8-7-12(3)9-14/h12-14,16H,5-11H2,1-4H3. The lowest BCUT2D eigenvalue weighted by molar-refractivity contribution is 0.0446. The first-order valence-electron chi connectivity index (χ1n) is 7.58. The molecule has 2 fully saturated rings. The van der Waals surface area contributed by atoms with Crippen LogP contribution in [0.2, 0.25) is 0 Å². The van der Waals surface area contributed by atoms with Gasteiger partial charge in [-0.25, -0.2) is 0 Å². The number of hydrogen-bond donors (Lipinski definition) is 1. The van der Waals surface area contributed by atoms with Gasteiger partial charge in [0.1, 0.15) is 0 Å². The summed E-state index contributed by atoms with van der Waals surface area (Å²) in [5.41, 5.74) is 0.345. The fourth-order valence-electron chi connectivity index (χ4n) is 3.59. The largest absolute Gasteiger partial charge is 0.309 e. The van der Waals surface area contributed by atoms with Crippen LogP contribution in [0.1, 0.15) is 59.8 Å². The van der Waals surface area contributed by atoms with E-state index in [0.29, 0.717) is 5.54 Å². The second kappa shape index (κ2) is 5.27. The summed E-state index contributed by atoms with van der Waals surface area (Å²) in [5, 5.41) is 3.77. The molecule has 4 unspecified atom stereocenters. The van der Waals surface area contributed by atoms with E-state index in [0.717, 1.165) is 18.0 Å². The van der Waals surface area contributed by atoms with Crippen molar-refractivity contribution in [2.75, 3.05) is 13.1 Å². The minimum absolute atomic E-state index is 0.345. The smallest absolute Gasteiger partial charge is 0.0278 e. The van der Waals surface area contributed by atoms with Crippen molar-refractivity contribution in [2.24, 2.45) is 5.92 Å². The zero-order chi connectivity index (χ0) is 12.5. The van der Waals surface area contributed by atoms with Crippen LogP contribution in [-0.2, 0) is 0 Å². The number of piperazine rings is 1. The molecule has 1 heterocycles. The average Bonchev–Trinajstić information content (AvgIpc) is 2.76. The normalized spacial score (nSPS) is 44.1. The first kappa shape index (κ1) is 13.4. The van der Waals surface area contributed by atoms with Crippen LogP contribution < -0.4 is 5.32 Å². The Kier molecular flexibility index (Phi) is 4.14. The van der Waals surface area contributed by atoms with E-state index in [4.69, 9.17) is 0 Å². The first-order chi connectivity index (χ1) is 8.08. The van der Waals surface area contributed by atoms with E-state index in [1.54, 1.807) is 0 Å².